The normalized spacial score (nSPS) is 24.1. The van der Waals surface area contributed by atoms with Crippen LogP contribution >= 0.6 is 0 Å². The molecule has 1 saturated carbocycles. The largest absolute Gasteiger partial charge is 0.327 e. The first-order valence-corrected chi connectivity index (χ1v) is 8.21. The van der Waals surface area contributed by atoms with Crippen LogP contribution < -0.4 is 5.73 Å². The van der Waals surface area contributed by atoms with Gasteiger partial charge in [0.05, 0.1) is 15.1 Å². The number of rotatable bonds is 3. The Labute approximate surface area is 118 Å². The summed E-state index contributed by atoms with van der Waals surface area (Å²) in [6.07, 6.45) is 4.06. The maximum atomic E-state index is 12.6. The van der Waals surface area contributed by atoms with Crippen molar-refractivity contribution in [2.75, 3.05) is 0 Å². The fraction of sp³-hybridized carbons (Fsp3) is 0.538. The molecule has 0 aromatic heterocycles. The second kappa shape index (κ2) is 5.88. The maximum absolute atomic E-state index is 12.6. The number of hydrogen-bond donors (Lipinski definition) is 1. The predicted molar refractivity (Wildman–Crippen MR) is 75.1 cm³/mol. The van der Waals surface area contributed by atoms with E-state index in [-0.39, 0.29) is 16.6 Å². The Bertz CT molecular complexity index is 583. The van der Waals surface area contributed by atoms with Gasteiger partial charge in [-0.2, -0.15) is 0 Å². The molecule has 1 fully saturated rings. The zero-order valence-corrected chi connectivity index (χ0v) is 11.9. The third-order valence-corrected chi connectivity index (χ3v) is 6.09. The van der Waals surface area contributed by atoms with Gasteiger partial charge in [0.1, 0.15) is 0 Å². The Hall–Kier alpha value is -1.47. The van der Waals surface area contributed by atoms with Crippen molar-refractivity contribution >= 4 is 15.5 Å². The van der Waals surface area contributed by atoms with Gasteiger partial charge in [-0.05, 0) is 25.0 Å². The first kappa shape index (κ1) is 14.9. The van der Waals surface area contributed by atoms with Crippen molar-refractivity contribution in [3.63, 3.8) is 0 Å². The molecule has 2 rings (SSSR count). The lowest BCUT2D eigenvalue weighted by Crippen LogP contribution is -2.39. The highest BCUT2D eigenvalue weighted by atomic mass is 32.2. The third-order valence-electron chi connectivity index (χ3n) is 3.78. The van der Waals surface area contributed by atoms with Crippen molar-refractivity contribution in [1.29, 1.82) is 0 Å². The maximum Gasteiger partial charge on any atom is 0.269 e. The van der Waals surface area contributed by atoms with Crippen molar-refractivity contribution in [3.05, 3.63) is 34.4 Å². The SMILES string of the molecule is NC1CCCCCC1S(=O)(=O)c1ccc([N+](=O)[O-])cc1. The second-order valence-corrected chi connectivity index (χ2v) is 7.30. The molecule has 0 radical (unpaired) electrons. The molecular formula is C13H18N2O4S. The van der Waals surface area contributed by atoms with E-state index in [4.69, 9.17) is 5.73 Å². The average Bonchev–Trinajstić information content (AvgIpc) is 2.64. The molecule has 0 spiro atoms. The number of nitro groups is 1. The van der Waals surface area contributed by atoms with Crippen LogP contribution in [0.1, 0.15) is 32.1 Å². The van der Waals surface area contributed by atoms with Gasteiger partial charge < -0.3 is 5.73 Å². The Balaban J connectivity index is 2.31. The Morgan fingerprint density at radius 2 is 1.70 bits per heavy atom. The van der Waals surface area contributed by atoms with Gasteiger partial charge in [0, 0.05) is 18.2 Å². The van der Waals surface area contributed by atoms with Crippen molar-refractivity contribution in [2.24, 2.45) is 5.73 Å². The molecule has 1 aliphatic rings. The molecule has 110 valence electrons. The summed E-state index contributed by atoms with van der Waals surface area (Å²) in [6.45, 7) is 0. The van der Waals surface area contributed by atoms with Gasteiger partial charge in [0.25, 0.3) is 5.69 Å². The molecule has 0 aliphatic heterocycles. The Morgan fingerprint density at radius 1 is 1.10 bits per heavy atom. The molecule has 0 amide bonds. The summed E-state index contributed by atoms with van der Waals surface area (Å²) in [6, 6.07) is 4.66. The lowest BCUT2D eigenvalue weighted by Gasteiger charge is -2.21. The van der Waals surface area contributed by atoms with Gasteiger partial charge in [-0.1, -0.05) is 19.3 Å². The number of nitrogens with two attached hydrogens (primary N) is 1. The molecule has 7 heteroatoms. The zero-order chi connectivity index (χ0) is 14.8. The Morgan fingerprint density at radius 3 is 2.30 bits per heavy atom. The van der Waals surface area contributed by atoms with Crippen LogP contribution in [0.25, 0.3) is 0 Å². The van der Waals surface area contributed by atoms with Crippen LogP contribution in [0.4, 0.5) is 5.69 Å². The van der Waals surface area contributed by atoms with Gasteiger partial charge in [-0.3, -0.25) is 10.1 Å². The van der Waals surface area contributed by atoms with Crippen LogP contribution in [0.15, 0.2) is 29.2 Å². The summed E-state index contributed by atoms with van der Waals surface area (Å²) < 4.78 is 25.2. The van der Waals surface area contributed by atoms with Crippen molar-refractivity contribution in [3.8, 4) is 0 Å². The highest BCUT2D eigenvalue weighted by Gasteiger charge is 2.33. The van der Waals surface area contributed by atoms with E-state index in [1.54, 1.807) is 0 Å². The van der Waals surface area contributed by atoms with E-state index in [2.05, 4.69) is 0 Å². The van der Waals surface area contributed by atoms with Crippen molar-refractivity contribution < 1.29 is 13.3 Å². The van der Waals surface area contributed by atoms with Crippen molar-refractivity contribution in [2.45, 2.75) is 48.3 Å². The van der Waals surface area contributed by atoms with Crippen LogP contribution in [-0.2, 0) is 9.84 Å². The number of non-ortho nitro benzene ring substituents is 1. The first-order chi connectivity index (χ1) is 9.43. The summed E-state index contributed by atoms with van der Waals surface area (Å²) in [5, 5.41) is 10.0. The second-order valence-electron chi connectivity index (χ2n) is 5.14. The fourth-order valence-corrected chi connectivity index (χ4v) is 4.56. The standard InChI is InChI=1S/C13H18N2O4S/c14-12-4-2-1-3-5-13(12)20(18,19)11-8-6-10(7-9-11)15(16)17/h6-9,12-13H,1-5,14H2. The number of sulfone groups is 1. The fourth-order valence-electron chi connectivity index (χ4n) is 2.62. The molecule has 1 aromatic carbocycles. The molecule has 0 bridgehead atoms. The minimum Gasteiger partial charge on any atom is -0.327 e. The van der Waals surface area contributed by atoms with Gasteiger partial charge in [0.15, 0.2) is 9.84 Å². The summed E-state index contributed by atoms with van der Waals surface area (Å²) in [4.78, 5) is 10.2. The third kappa shape index (κ3) is 2.99. The van der Waals surface area contributed by atoms with Gasteiger partial charge in [-0.25, -0.2) is 8.42 Å². The molecule has 0 saturated heterocycles. The van der Waals surface area contributed by atoms with E-state index in [1.807, 2.05) is 0 Å². The van der Waals surface area contributed by atoms with Crippen LogP contribution in [0.3, 0.4) is 0 Å². The quantitative estimate of drug-likeness (QED) is 0.522. The summed E-state index contributed by atoms with van der Waals surface area (Å²) in [5.41, 5.74) is 5.88. The van der Waals surface area contributed by atoms with Gasteiger partial charge in [-0.15, -0.1) is 0 Å². The number of benzene rings is 1. The van der Waals surface area contributed by atoms with Crippen molar-refractivity contribution in [1.82, 2.24) is 0 Å². The molecule has 1 aromatic rings. The molecule has 0 heterocycles. The predicted octanol–water partition coefficient (Wildman–Crippen LogP) is 2.03. The molecule has 2 N–H and O–H groups in total. The first-order valence-electron chi connectivity index (χ1n) is 6.67. The lowest BCUT2D eigenvalue weighted by atomic mass is 10.1. The van der Waals surface area contributed by atoms with Crippen LogP contribution in [0.2, 0.25) is 0 Å². The van der Waals surface area contributed by atoms with Crippen LogP contribution in [0.5, 0.6) is 0 Å². The number of nitro benzene ring substituents is 1. The van der Waals surface area contributed by atoms with E-state index in [0.717, 1.165) is 19.3 Å². The number of hydrogen-bond acceptors (Lipinski definition) is 5. The highest BCUT2D eigenvalue weighted by Crippen LogP contribution is 2.28. The van der Waals surface area contributed by atoms with E-state index in [1.165, 1.54) is 24.3 Å². The molecule has 2 atom stereocenters. The highest BCUT2D eigenvalue weighted by molar-refractivity contribution is 7.92. The van der Waals surface area contributed by atoms with Gasteiger partial charge >= 0.3 is 0 Å². The average molecular weight is 298 g/mol. The summed E-state index contributed by atoms with van der Waals surface area (Å²) >= 11 is 0. The minimum atomic E-state index is -3.52. The van der Waals surface area contributed by atoms with E-state index < -0.39 is 20.0 Å². The van der Waals surface area contributed by atoms with Gasteiger partial charge in [0.2, 0.25) is 0 Å². The van der Waals surface area contributed by atoms with E-state index in [0.29, 0.717) is 12.8 Å². The number of nitrogens with zero attached hydrogens (tertiary/aromatic N) is 1. The summed E-state index contributed by atoms with van der Waals surface area (Å²) in [7, 11) is -3.52. The molecular weight excluding hydrogens is 280 g/mol. The molecule has 20 heavy (non-hydrogen) atoms. The Kier molecular flexibility index (Phi) is 4.39. The van der Waals surface area contributed by atoms with Crippen LogP contribution in [0, 0.1) is 10.1 Å². The molecule has 1 aliphatic carbocycles. The topological polar surface area (TPSA) is 103 Å². The van der Waals surface area contributed by atoms with Crippen LogP contribution in [-0.4, -0.2) is 24.6 Å². The zero-order valence-electron chi connectivity index (χ0n) is 11.1. The summed E-state index contributed by atoms with van der Waals surface area (Å²) in [5.74, 6) is 0. The molecule has 6 nitrogen and oxygen atoms in total. The lowest BCUT2D eigenvalue weighted by molar-refractivity contribution is -0.384. The smallest absolute Gasteiger partial charge is 0.269 e. The van der Waals surface area contributed by atoms with E-state index >= 15 is 0 Å². The van der Waals surface area contributed by atoms with E-state index in [9.17, 15) is 18.5 Å². The molecule has 2 unspecified atom stereocenters. The monoisotopic (exact) mass is 298 g/mol. The minimum absolute atomic E-state index is 0.116.